The van der Waals surface area contributed by atoms with Gasteiger partial charge in [-0.25, -0.2) is 0 Å². The Morgan fingerprint density at radius 3 is 1.91 bits per heavy atom. The predicted octanol–water partition coefficient (Wildman–Crippen LogP) is 20.1. The van der Waals surface area contributed by atoms with Crippen molar-refractivity contribution in [3.8, 4) is 27.0 Å². The molecular formula is C66H81N3O2S4. The third-order valence-corrected chi connectivity index (χ3v) is 19.2. The van der Waals surface area contributed by atoms with E-state index in [1.54, 1.807) is 34.0 Å². The number of hydrogen-bond acceptors (Lipinski definition) is 8. The Labute approximate surface area is 466 Å². The Kier molecular flexibility index (Phi) is 22.6. The molecule has 0 N–H and O–H groups in total. The number of aryl methyl sites for hydroxylation is 2. The number of carbonyl (C=O) groups is 2. The van der Waals surface area contributed by atoms with E-state index in [-0.39, 0.29) is 5.91 Å². The van der Waals surface area contributed by atoms with Gasteiger partial charge in [-0.15, -0.1) is 45.3 Å². The summed E-state index contributed by atoms with van der Waals surface area (Å²) >= 11 is 6.92. The van der Waals surface area contributed by atoms with Gasteiger partial charge in [-0.1, -0.05) is 155 Å². The zero-order valence-electron chi connectivity index (χ0n) is 46.0. The van der Waals surface area contributed by atoms with Crippen LogP contribution in [0.5, 0.6) is 0 Å². The van der Waals surface area contributed by atoms with Crippen LogP contribution in [-0.4, -0.2) is 32.3 Å². The summed E-state index contributed by atoms with van der Waals surface area (Å²) in [6.45, 7) is 15.0. The highest BCUT2D eigenvalue weighted by Crippen LogP contribution is 2.47. The van der Waals surface area contributed by atoms with E-state index in [1.807, 2.05) is 39.8 Å². The Hall–Kier alpha value is -5.11. The molecule has 1 amide bonds. The standard InChI is InChI=1S/C66H81N3O2S4/c1-8-14-18-20-26-49-38-55(33-32-54-28-22-36-72-54)74-64(49)52-31-35-58-61(42-52)69(45-48(13-6)25-17-11-4)66(71)63(58)59(46-70)57-34-30-51(41-60(57)68(7)44-47(12-5)24-16-10-3)65-50(27-21-19-15-9-2)39-56(75-65)40-53(43-67)62-29-23-37-73-62/h22-23,28-42,46-48H,8-21,24-27,44-45H2,1-7H3/b33-32+,53-40+,63-59-. The SMILES string of the molecule is CCCCCCc1cc(/C=C(\C#N)c2cccs2)sc1-c1ccc(/C(C=O)=C2\C(=O)N(CC(CC)CCCC)c3cc(-c4sc(/C=C/c5cccs5)cc4CCCCCC)ccc32)c(N(C)CC(CC)CCCC)c1. The maximum absolute atomic E-state index is 15.5. The van der Waals surface area contributed by atoms with Gasteiger partial charge in [0.2, 0.25) is 0 Å². The van der Waals surface area contributed by atoms with E-state index in [1.165, 1.54) is 75.6 Å². The van der Waals surface area contributed by atoms with Crippen LogP contribution >= 0.6 is 45.3 Å². The van der Waals surface area contributed by atoms with Crippen molar-refractivity contribution < 1.29 is 9.59 Å². The minimum atomic E-state index is -0.0834. The summed E-state index contributed by atoms with van der Waals surface area (Å²) in [7, 11) is 2.17. The molecule has 0 radical (unpaired) electrons. The highest BCUT2D eigenvalue weighted by Gasteiger charge is 2.37. The van der Waals surface area contributed by atoms with E-state index in [0.29, 0.717) is 35.1 Å². The van der Waals surface area contributed by atoms with Crippen molar-refractivity contribution in [3.05, 3.63) is 125 Å². The van der Waals surface area contributed by atoms with E-state index < -0.39 is 0 Å². The van der Waals surface area contributed by atoms with Crippen LogP contribution in [0.25, 0.3) is 55.8 Å². The molecule has 2 aromatic carbocycles. The van der Waals surface area contributed by atoms with Gasteiger partial charge in [-0.2, -0.15) is 5.26 Å². The number of carbonyl (C=O) groups excluding carboxylic acids is 2. The molecule has 0 aliphatic carbocycles. The first kappa shape index (κ1) is 57.6. The van der Waals surface area contributed by atoms with Crippen molar-refractivity contribution >= 4 is 104 Å². The average molecular weight is 1080 g/mol. The normalized spacial score (nSPS) is 14.2. The van der Waals surface area contributed by atoms with Crippen LogP contribution in [0.15, 0.2) is 83.6 Å². The van der Waals surface area contributed by atoms with Gasteiger partial charge in [0.05, 0.1) is 16.8 Å². The van der Waals surface area contributed by atoms with E-state index in [2.05, 4.69) is 138 Å². The van der Waals surface area contributed by atoms with Crippen LogP contribution in [0.3, 0.4) is 0 Å². The minimum Gasteiger partial charge on any atom is -0.374 e. The number of thiophene rings is 4. The van der Waals surface area contributed by atoms with Crippen molar-refractivity contribution in [1.82, 2.24) is 0 Å². The fraction of sp³-hybridized carbons (Fsp3) is 0.439. The molecule has 0 saturated heterocycles. The number of fused-ring (bicyclic) bond motifs is 1. The van der Waals surface area contributed by atoms with Gasteiger partial charge in [-0.3, -0.25) is 9.59 Å². The zero-order chi connectivity index (χ0) is 53.1. The molecule has 2 atom stereocenters. The highest BCUT2D eigenvalue weighted by atomic mass is 32.1. The lowest BCUT2D eigenvalue weighted by Crippen LogP contribution is -2.32. The Bertz CT molecular complexity index is 2900. The Balaban J connectivity index is 1.39. The second-order valence-electron chi connectivity index (χ2n) is 20.6. The molecule has 396 valence electrons. The van der Waals surface area contributed by atoms with Crippen LogP contribution < -0.4 is 9.80 Å². The monoisotopic (exact) mass is 1080 g/mol. The third kappa shape index (κ3) is 14.9. The average Bonchev–Trinajstić information content (AvgIpc) is 4.31. The molecule has 75 heavy (non-hydrogen) atoms. The van der Waals surface area contributed by atoms with Gasteiger partial charge in [-0.05, 0) is 138 Å². The number of anilines is 2. The summed E-state index contributed by atoms with van der Waals surface area (Å²) in [5.41, 5.74) is 10.0. The van der Waals surface area contributed by atoms with Crippen LogP contribution in [-0.2, 0) is 22.4 Å². The first-order valence-corrected chi connectivity index (χ1v) is 31.7. The lowest BCUT2D eigenvalue weighted by Gasteiger charge is -2.28. The van der Waals surface area contributed by atoms with Crippen molar-refractivity contribution in [3.63, 3.8) is 0 Å². The predicted molar refractivity (Wildman–Crippen MR) is 331 cm³/mol. The van der Waals surface area contributed by atoms with Crippen LogP contribution in [0.4, 0.5) is 11.4 Å². The summed E-state index contributed by atoms with van der Waals surface area (Å²) in [4.78, 5) is 41.0. The number of amides is 1. The maximum atomic E-state index is 15.5. The molecule has 4 aromatic heterocycles. The minimum absolute atomic E-state index is 0.0834. The molecule has 0 saturated carbocycles. The summed E-state index contributed by atoms with van der Waals surface area (Å²) < 4.78 is 0. The number of unbranched alkanes of at least 4 members (excludes halogenated alkanes) is 8. The molecular weight excluding hydrogens is 995 g/mol. The summed E-state index contributed by atoms with van der Waals surface area (Å²) in [5.74, 6) is 0.728. The van der Waals surface area contributed by atoms with Gasteiger partial charge < -0.3 is 9.80 Å². The van der Waals surface area contributed by atoms with E-state index in [0.717, 1.165) is 127 Å². The van der Waals surface area contributed by atoms with E-state index >= 15 is 4.79 Å². The number of aldehydes is 1. The molecule has 1 aliphatic rings. The number of nitrogens with zero attached hydrogens (tertiary/aromatic N) is 3. The fourth-order valence-electron chi connectivity index (χ4n) is 10.6. The van der Waals surface area contributed by atoms with Crippen molar-refractivity contribution in [2.75, 3.05) is 29.9 Å². The van der Waals surface area contributed by atoms with Crippen molar-refractivity contribution in [2.24, 2.45) is 11.8 Å². The van der Waals surface area contributed by atoms with Gasteiger partial charge in [0.1, 0.15) is 6.07 Å². The van der Waals surface area contributed by atoms with E-state index in [9.17, 15) is 10.1 Å². The number of benzene rings is 2. The molecule has 5 nitrogen and oxygen atoms in total. The van der Waals surface area contributed by atoms with Gasteiger partial charge in [0, 0.05) is 71.8 Å². The second-order valence-corrected chi connectivity index (χ2v) is 24.7. The van der Waals surface area contributed by atoms with Crippen molar-refractivity contribution in [1.29, 1.82) is 5.26 Å². The lowest BCUT2D eigenvalue weighted by molar-refractivity contribution is -0.113. The first-order valence-electron chi connectivity index (χ1n) is 28.3. The highest BCUT2D eigenvalue weighted by molar-refractivity contribution is 7.17. The summed E-state index contributed by atoms with van der Waals surface area (Å²) in [6, 6.07) is 28.6. The van der Waals surface area contributed by atoms with Gasteiger partial charge in [0.15, 0.2) is 6.29 Å². The van der Waals surface area contributed by atoms with Crippen LogP contribution in [0.2, 0.25) is 0 Å². The quantitative estimate of drug-likeness (QED) is 0.0188. The molecule has 6 aromatic rings. The largest absolute Gasteiger partial charge is 0.374 e. The molecule has 2 unspecified atom stereocenters. The smallest absolute Gasteiger partial charge is 0.259 e. The lowest BCUT2D eigenvalue weighted by atomic mass is 9.92. The topological polar surface area (TPSA) is 64.4 Å². The van der Waals surface area contributed by atoms with Gasteiger partial charge >= 0.3 is 0 Å². The zero-order valence-corrected chi connectivity index (χ0v) is 49.2. The molecule has 0 fully saturated rings. The fourth-order valence-corrected chi connectivity index (χ4v) is 14.2. The summed E-state index contributed by atoms with van der Waals surface area (Å²) in [6.07, 6.45) is 27.6. The van der Waals surface area contributed by atoms with Crippen molar-refractivity contribution in [2.45, 2.75) is 157 Å². The molecule has 0 spiro atoms. The molecule has 1 aliphatic heterocycles. The molecule has 0 bridgehead atoms. The van der Waals surface area contributed by atoms with Crippen LogP contribution in [0.1, 0.15) is 186 Å². The number of rotatable bonds is 31. The van der Waals surface area contributed by atoms with E-state index in [4.69, 9.17) is 0 Å². The van der Waals surface area contributed by atoms with Gasteiger partial charge in [0.25, 0.3) is 5.91 Å². The number of nitriles is 1. The summed E-state index contributed by atoms with van der Waals surface area (Å²) in [5, 5.41) is 14.4. The number of allylic oxidation sites excluding steroid dienone is 2. The Morgan fingerprint density at radius 2 is 1.29 bits per heavy atom. The number of hydrogen-bond donors (Lipinski definition) is 0. The molecule has 9 heteroatoms. The third-order valence-electron chi connectivity index (χ3n) is 15.1. The first-order chi connectivity index (χ1) is 36.7. The molecule has 7 rings (SSSR count). The molecule has 5 heterocycles. The Morgan fingerprint density at radius 1 is 0.680 bits per heavy atom. The second kappa shape index (κ2) is 29.4. The van der Waals surface area contributed by atoms with Crippen LogP contribution in [0, 0.1) is 23.2 Å². The maximum Gasteiger partial charge on any atom is 0.259 e.